The molecule has 2 aliphatic heterocycles. The number of hydrogen-bond donors (Lipinski definition) is 0. The summed E-state index contributed by atoms with van der Waals surface area (Å²) in [5.74, 6) is 1.57. The number of likely N-dealkylation sites (N-methyl/N-ethyl adjacent to an activating group) is 2. The fraction of sp³-hybridized carbons (Fsp3) is 0.263. The molecule has 0 unspecified atom stereocenters. The van der Waals surface area contributed by atoms with E-state index < -0.39 is 7.59 Å². The normalized spacial score (nSPS) is 23.2. The molecular weight excluding hydrogens is 335 g/mol. The Morgan fingerprint density at radius 2 is 1.16 bits per heavy atom. The van der Waals surface area contributed by atoms with Crippen molar-refractivity contribution in [1.29, 1.82) is 0 Å². The minimum absolute atomic E-state index is 0.786. The molecular formula is C19H21N2O3P. The third kappa shape index (κ3) is 1.67. The van der Waals surface area contributed by atoms with Crippen molar-refractivity contribution in [3.05, 3.63) is 48.5 Å². The standard InChI is InChI=1S/C19H21N2O3P/c1-20-12-13-21(2)25(20,22-3)23-18-16-10-6-4-8-14(16)15-9-5-7-11-17(15)19(18)24-25/h4-11H,12-13H2,1-3H3. The van der Waals surface area contributed by atoms with Crippen molar-refractivity contribution in [1.82, 2.24) is 9.34 Å². The summed E-state index contributed by atoms with van der Waals surface area (Å²) in [6.45, 7) is 1.68. The van der Waals surface area contributed by atoms with Gasteiger partial charge in [0.2, 0.25) is 0 Å². The maximum absolute atomic E-state index is 6.68. The Labute approximate surface area is 147 Å². The van der Waals surface area contributed by atoms with E-state index in [0.29, 0.717) is 0 Å². The fourth-order valence-electron chi connectivity index (χ4n) is 4.11. The van der Waals surface area contributed by atoms with Gasteiger partial charge in [0.15, 0.2) is 0 Å². The van der Waals surface area contributed by atoms with E-state index >= 15 is 0 Å². The van der Waals surface area contributed by atoms with Crippen LogP contribution < -0.4 is 9.05 Å². The van der Waals surface area contributed by atoms with Gasteiger partial charge in [0.05, 0.1) is 0 Å². The second-order valence-electron chi connectivity index (χ2n) is 6.68. The molecule has 0 amide bonds. The molecule has 6 heteroatoms. The fourth-order valence-corrected chi connectivity index (χ4v) is 7.76. The molecule has 2 aliphatic rings. The third-order valence-electron chi connectivity index (χ3n) is 5.54. The molecule has 1 spiro atoms. The van der Waals surface area contributed by atoms with E-state index in [1.165, 1.54) is 10.8 Å². The Morgan fingerprint density at radius 1 is 0.760 bits per heavy atom. The van der Waals surface area contributed by atoms with Crippen molar-refractivity contribution in [2.45, 2.75) is 0 Å². The van der Waals surface area contributed by atoms with E-state index in [0.717, 1.165) is 35.4 Å². The van der Waals surface area contributed by atoms with E-state index in [4.69, 9.17) is 13.6 Å². The summed E-state index contributed by atoms with van der Waals surface area (Å²) in [6.07, 6.45) is 0. The van der Waals surface area contributed by atoms with Gasteiger partial charge in [-0.05, 0) is 0 Å². The number of nitrogens with zero attached hydrogens (tertiary/aromatic N) is 2. The quantitative estimate of drug-likeness (QED) is 0.476. The molecule has 1 fully saturated rings. The van der Waals surface area contributed by atoms with Crippen molar-refractivity contribution < 1.29 is 13.6 Å². The number of benzene rings is 3. The Hall–Kier alpha value is -1.91. The van der Waals surface area contributed by atoms with Gasteiger partial charge in [-0.25, -0.2) is 0 Å². The number of rotatable bonds is 1. The molecule has 5 rings (SSSR count). The predicted molar refractivity (Wildman–Crippen MR) is 102 cm³/mol. The minimum atomic E-state index is -3.57. The van der Waals surface area contributed by atoms with Gasteiger partial charge in [0, 0.05) is 0 Å². The summed E-state index contributed by atoms with van der Waals surface area (Å²) in [5.41, 5.74) is 0. The Kier molecular flexibility index (Phi) is 2.97. The van der Waals surface area contributed by atoms with Crippen molar-refractivity contribution in [2.75, 3.05) is 34.3 Å². The SMILES string of the molecule is COP12(Oc3c(c4ccccc4c4ccccc34)O1)N(C)CCN2C. The van der Waals surface area contributed by atoms with Crippen LogP contribution in [0.5, 0.6) is 11.5 Å². The molecule has 0 aliphatic carbocycles. The van der Waals surface area contributed by atoms with E-state index in [2.05, 4.69) is 45.7 Å². The van der Waals surface area contributed by atoms with Gasteiger partial charge in [-0.3, -0.25) is 0 Å². The van der Waals surface area contributed by atoms with E-state index in [1.54, 1.807) is 7.11 Å². The van der Waals surface area contributed by atoms with Crippen LogP contribution in [0.2, 0.25) is 0 Å². The Bertz CT molecular complexity index is 943. The zero-order valence-corrected chi connectivity index (χ0v) is 15.5. The molecule has 0 bridgehead atoms. The molecule has 3 aromatic rings. The molecule has 25 heavy (non-hydrogen) atoms. The van der Waals surface area contributed by atoms with Crippen molar-refractivity contribution in [2.24, 2.45) is 0 Å². The second kappa shape index (κ2) is 4.83. The second-order valence-corrected chi connectivity index (χ2v) is 10.4. The third-order valence-corrected chi connectivity index (χ3v) is 9.83. The molecule has 1 saturated heterocycles. The summed E-state index contributed by atoms with van der Waals surface area (Å²) < 4.78 is 23.7. The molecule has 0 saturated carbocycles. The van der Waals surface area contributed by atoms with Gasteiger partial charge in [-0.15, -0.1) is 0 Å². The summed E-state index contributed by atoms with van der Waals surface area (Å²) >= 11 is 0. The van der Waals surface area contributed by atoms with Crippen LogP contribution >= 0.6 is 7.59 Å². The summed E-state index contributed by atoms with van der Waals surface area (Å²) in [7, 11) is 2.15. The molecule has 0 N–H and O–H groups in total. The van der Waals surface area contributed by atoms with Gasteiger partial charge in [0.1, 0.15) is 0 Å². The summed E-state index contributed by atoms with van der Waals surface area (Å²) in [5, 5.41) is 4.45. The van der Waals surface area contributed by atoms with Gasteiger partial charge in [-0.1, -0.05) is 0 Å². The van der Waals surface area contributed by atoms with E-state index in [1.807, 2.05) is 26.2 Å². The summed E-state index contributed by atoms with van der Waals surface area (Å²) in [6, 6.07) is 16.6. The molecule has 5 nitrogen and oxygen atoms in total. The first-order chi connectivity index (χ1) is 12.1. The van der Waals surface area contributed by atoms with Gasteiger partial charge >= 0.3 is 146 Å². The van der Waals surface area contributed by atoms with Crippen molar-refractivity contribution >= 4 is 29.1 Å². The van der Waals surface area contributed by atoms with Crippen LogP contribution in [0.1, 0.15) is 0 Å². The Balaban J connectivity index is 1.90. The molecule has 0 aromatic heterocycles. The first-order valence-corrected chi connectivity index (χ1v) is 10.3. The van der Waals surface area contributed by atoms with Gasteiger partial charge in [0.25, 0.3) is 0 Å². The zero-order chi connectivity index (χ0) is 17.3. The van der Waals surface area contributed by atoms with Crippen LogP contribution in [0.3, 0.4) is 0 Å². The average molecular weight is 356 g/mol. The van der Waals surface area contributed by atoms with Crippen LogP contribution in [0.15, 0.2) is 48.5 Å². The van der Waals surface area contributed by atoms with Gasteiger partial charge in [-0.2, -0.15) is 0 Å². The molecule has 3 aromatic carbocycles. The van der Waals surface area contributed by atoms with Crippen molar-refractivity contribution in [3.8, 4) is 11.5 Å². The van der Waals surface area contributed by atoms with Crippen LogP contribution in [-0.4, -0.2) is 43.6 Å². The average Bonchev–Trinajstić information content (AvgIpc) is 3.16. The monoisotopic (exact) mass is 356 g/mol. The summed E-state index contributed by atoms with van der Waals surface area (Å²) in [4.78, 5) is 0. The van der Waals surface area contributed by atoms with E-state index in [-0.39, 0.29) is 0 Å². The van der Waals surface area contributed by atoms with E-state index in [9.17, 15) is 0 Å². The van der Waals surface area contributed by atoms with Crippen LogP contribution in [0.25, 0.3) is 21.5 Å². The number of fused-ring (bicyclic) bond motifs is 6. The maximum atomic E-state index is 6.68. The first-order valence-electron chi connectivity index (χ1n) is 8.45. The van der Waals surface area contributed by atoms with Crippen LogP contribution in [0, 0.1) is 0 Å². The van der Waals surface area contributed by atoms with Crippen LogP contribution in [-0.2, 0) is 4.52 Å². The number of hydrogen-bond acceptors (Lipinski definition) is 5. The molecule has 0 atom stereocenters. The van der Waals surface area contributed by atoms with Gasteiger partial charge < -0.3 is 0 Å². The zero-order valence-electron chi connectivity index (χ0n) is 14.6. The molecule has 130 valence electrons. The molecule has 0 radical (unpaired) electrons. The van der Waals surface area contributed by atoms with Crippen LogP contribution in [0.4, 0.5) is 0 Å². The van der Waals surface area contributed by atoms with Crippen molar-refractivity contribution in [3.63, 3.8) is 0 Å². The topological polar surface area (TPSA) is 34.2 Å². The predicted octanol–water partition coefficient (Wildman–Crippen LogP) is 4.42. The molecule has 2 heterocycles. The Morgan fingerprint density at radius 3 is 1.56 bits per heavy atom. The first kappa shape index (κ1) is 15.4.